The Morgan fingerprint density at radius 1 is 1.42 bits per heavy atom. The van der Waals surface area contributed by atoms with Crippen LogP contribution in [0.15, 0.2) is 24.3 Å². The van der Waals surface area contributed by atoms with E-state index in [1.807, 2.05) is 31.2 Å². The fourth-order valence-corrected chi connectivity index (χ4v) is 1.90. The number of nitriles is 1. The summed E-state index contributed by atoms with van der Waals surface area (Å²) in [6.07, 6.45) is 3.01. The van der Waals surface area contributed by atoms with Crippen molar-refractivity contribution in [2.75, 3.05) is 13.7 Å². The first-order chi connectivity index (χ1) is 9.15. The van der Waals surface area contributed by atoms with E-state index >= 15 is 0 Å². The molecule has 1 unspecified atom stereocenters. The lowest BCUT2D eigenvalue weighted by molar-refractivity contribution is 0.265. The molecule has 1 fully saturated rings. The molecule has 0 radical (unpaired) electrons. The molecule has 1 saturated carbocycles. The van der Waals surface area contributed by atoms with Crippen molar-refractivity contribution in [1.82, 2.24) is 5.32 Å². The maximum atomic E-state index is 9.25. The van der Waals surface area contributed by atoms with Gasteiger partial charge >= 0.3 is 0 Å². The Labute approximate surface area is 114 Å². The summed E-state index contributed by atoms with van der Waals surface area (Å²) in [5.41, 5.74) is -0.500. The Hall–Kier alpha value is -1.73. The lowest BCUT2D eigenvalue weighted by Gasteiger charge is -2.23. The van der Waals surface area contributed by atoms with Gasteiger partial charge in [0.25, 0.3) is 0 Å². The molecule has 1 aliphatic carbocycles. The largest absolute Gasteiger partial charge is 0.497 e. The zero-order chi connectivity index (χ0) is 13.7. The molecule has 4 nitrogen and oxygen atoms in total. The normalized spacial score (nSPS) is 17.3. The van der Waals surface area contributed by atoms with Crippen LogP contribution in [-0.4, -0.2) is 25.3 Å². The van der Waals surface area contributed by atoms with Gasteiger partial charge < -0.3 is 9.47 Å². The fourth-order valence-electron chi connectivity index (χ4n) is 1.90. The van der Waals surface area contributed by atoms with Crippen LogP contribution in [0.2, 0.25) is 0 Å². The average Bonchev–Trinajstić information content (AvgIpc) is 3.23. The van der Waals surface area contributed by atoms with E-state index in [0.29, 0.717) is 19.1 Å². The van der Waals surface area contributed by atoms with Crippen LogP contribution in [0.1, 0.15) is 26.2 Å². The van der Waals surface area contributed by atoms with Gasteiger partial charge in [-0.2, -0.15) is 5.26 Å². The van der Waals surface area contributed by atoms with Crippen LogP contribution < -0.4 is 14.8 Å². The van der Waals surface area contributed by atoms with Gasteiger partial charge in [0.1, 0.15) is 17.0 Å². The third kappa shape index (κ3) is 4.15. The summed E-state index contributed by atoms with van der Waals surface area (Å²) in [7, 11) is 1.63. The number of methoxy groups -OCH3 is 1. The monoisotopic (exact) mass is 260 g/mol. The Balaban J connectivity index is 1.82. The highest BCUT2D eigenvalue weighted by molar-refractivity contribution is 5.32. The van der Waals surface area contributed by atoms with Crippen LogP contribution in [0.25, 0.3) is 0 Å². The second kappa shape index (κ2) is 5.94. The minimum absolute atomic E-state index is 0.500. The van der Waals surface area contributed by atoms with E-state index in [1.165, 1.54) is 12.8 Å². The molecule has 0 saturated heterocycles. The minimum Gasteiger partial charge on any atom is -0.497 e. The Morgan fingerprint density at radius 3 is 2.79 bits per heavy atom. The van der Waals surface area contributed by atoms with E-state index in [2.05, 4.69) is 11.4 Å². The summed E-state index contributed by atoms with van der Waals surface area (Å²) in [6, 6.07) is 10.4. The number of hydrogen-bond donors (Lipinski definition) is 1. The van der Waals surface area contributed by atoms with Crippen LogP contribution in [-0.2, 0) is 0 Å². The van der Waals surface area contributed by atoms with E-state index < -0.39 is 5.54 Å². The lowest BCUT2D eigenvalue weighted by atomic mass is 10.0. The molecule has 19 heavy (non-hydrogen) atoms. The van der Waals surface area contributed by atoms with Gasteiger partial charge in [-0.25, -0.2) is 0 Å². The number of nitrogens with one attached hydrogen (secondary N) is 1. The molecule has 1 aromatic carbocycles. The molecular formula is C15H20N2O2. The minimum atomic E-state index is -0.500. The highest BCUT2D eigenvalue weighted by Gasteiger charge is 2.32. The van der Waals surface area contributed by atoms with E-state index in [4.69, 9.17) is 9.47 Å². The number of ether oxygens (including phenoxy) is 2. The van der Waals surface area contributed by atoms with Crippen LogP contribution in [0, 0.1) is 11.3 Å². The summed E-state index contributed by atoms with van der Waals surface area (Å²) in [5, 5.41) is 12.6. The topological polar surface area (TPSA) is 54.3 Å². The number of rotatable bonds is 7. The molecule has 1 N–H and O–H groups in total. The Morgan fingerprint density at radius 2 is 2.16 bits per heavy atom. The van der Waals surface area contributed by atoms with Gasteiger partial charge in [0, 0.05) is 18.5 Å². The van der Waals surface area contributed by atoms with Crippen molar-refractivity contribution in [3.63, 3.8) is 0 Å². The summed E-state index contributed by atoms with van der Waals surface area (Å²) < 4.78 is 10.8. The van der Waals surface area contributed by atoms with E-state index in [0.717, 1.165) is 11.5 Å². The van der Waals surface area contributed by atoms with E-state index in [9.17, 15) is 5.26 Å². The van der Waals surface area contributed by atoms with Crippen molar-refractivity contribution in [3.05, 3.63) is 24.3 Å². The molecule has 4 heteroatoms. The predicted molar refractivity (Wildman–Crippen MR) is 73.3 cm³/mol. The van der Waals surface area contributed by atoms with Gasteiger partial charge in [-0.15, -0.1) is 0 Å². The second-order valence-electron chi connectivity index (χ2n) is 5.14. The molecule has 0 heterocycles. The zero-order valence-corrected chi connectivity index (χ0v) is 11.5. The summed E-state index contributed by atoms with van der Waals surface area (Å²) >= 11 is 0. The molecule has 0 aliphatic heterocycles. The molecule has 1 aliphatic rings. The number of benzene rings is 1. The molecule has 1 atom stereocenters. The zero-order valence-electron chi connectivity index (χ0n) is 11.5. The molecule has 102 valence electrons. The maximum Gasteiger partial charge on any atom is 0.122 e. The Kier molecular flexibility index (Phi) is 4.28. The standard InChI is InChI=1S/C15H20N2O2/c1-15(11-16,17-12-6-7-12)8-9-19-14-5-3-4-13(10-14)18-2/h3-5,10,12,17H,6-9H2,1-2H3. The molecule has 0 bridgehead atoms. The quantitative estimate of drug-likeness (QED) is 0.818. The number of hydrogen-bond acceptors (Lipinski definition) is 4. The lowest BCUT2D eigenvalue weighted by Crippen LogP contribution is -2.43. The van der Waals surface area contributed by atoms with Gasteiger partial charge in [-0.3, -0.25) is 5.32 Å². The first-order valence-electron chi connectivity index (χ1n) is 6.61. The van der Waals surface area contributed by atoms with Crippen molar-refractivity contribution in [2.24, 2.45) is 0 Å². The number of nitrogens with zero attached hydrogens (tertiary/aromatic N) is 1. The summed E-state index contributed by atoms with van der Waals surface area (Å²) in [4.78, 5) is 0. The first-order valence-corrected chi connectivity index (χ1v) is 6.61. The average molecular weight is 260 g/mol. The van der Waals surface area contributed by atoms with Gasteiger partial charge in [0.05, 0.1) is 19.8 Å². The Bertz CT molecular complexity index is 465. The molecule has 0 amide bonds. The highest BCUT2D eigenvalue weighted by atomic mass is 16.5. The summed E-state index contributed by atoms with van der Waals surface area (Å²) in [5.74, 6) is 1.54. The highest BCUT2D eigenvalue weighted by Crippen LogP contribution is 2.24. The van der Waals surface area contributed by atoms with Crippen molar-refractivity contribution >= 4 is 0 Å². The van der Waals surface area contributed by atoms with Crippen LogP contribution in [0.3, 0.4) is 0 Å². The van der Waals surface area contributed by atoms with Crippen LogP contribution >= 0.6 is 0 Å². The third-order valence-corrected chi connectivity index (χ3v) is 3.26. The molecule has 1 aromatic rings. The van der Waals surface area contributed by atoms with Crippen molar-refractivity contribution in [1.29, 1.82) is 5.26 Å². The second-order valence-corrected chi connectivity index (χ2v) is 5.14. The van der Waals surface area contributed by atoms with Gasteiger partial charge in [0.2, 0.25) is 0 Å². The fraction of sp³-hybridized carbons (Fsp3) is 0.533. The van der Waals surface area contributed by atoms with Gasteiger partial charge in [-0.05, 0) is 31.9 Å². The molecule has 0 spiro atoms. The molecular weight excluding hydrogens is 240 g/mol. The van der Waals surface area contributed by atoms with Crippen molar-refractivity contribution in [2.45, 2.75) is 37.8 Å². The smallest absolute Gasteiger partial charge is 0.122 e. The molecule has 0 aromatic heterocycles. The maximum absolute atomic E-state index is 9.25. The van der Waals surface area contributed by atoms with Gasteiger partial charge in [-0.1, -0.05) is 6.07 Å². The molecule has 2 rings (SSSR count). The summed E-state index contributed by atoms with van der Waals surface area (Å²) in [6.45, 7) is 2.44. The van der Waals surface area contributed by atoms with E-state index in [-0.39, 0.29) is 0 Å². The van der Waals surface area contributed by atoms with Crippen LogP contribution in [0.5, 0.6) is 11.5 Å². The predicted octanol–water partition coefficient (Wildman–Crippen LogP) is 2.50. The van der Waals surface area contributed by atoms with Gasteiger partial charge in [0.15, 0.2) is 0 Å². The SMILES string of the molecule is COc1cccc(OCCC(C)(C#N)NC2CC2)c1. The van der Waals surface area contributed by atoms with Crippen molar-refractivity contribution < 1.29 is 9.47 Å². The van der Waals surface area contributed by atoms with Crippen LogP contribution in [0.4, 0.5) is 0 Å². The van der Waals surface area contributed by atoms with E-state index in [1.54, 1.807) is 7.11 Å². The van der Waals surface area contributed by atoms with Crippen molar-refractivity contribution in [3.8, 4) is 17.6 Å². The first kappa shape index (κ1) is 13.7. The third-order valence-electron chi connectivity index (χ3n) is 3.26.